The molecule has 1 amide bonds. The molecule has 7 heteroatoms. The van der Waals surface area contributed by atoms with Crippen molar-refractivity contribution in [1.82, 2.24) is 5.32 Å². The lowest BCUT2D eigenvalue weighted by Crippen LogP contribution is -2.28. The number of hydrogen-bond acceptors (Lipinski definition) is 5. The molecule has 0 unspecified atom stereocenters. The second kappa shape index (κ2) is 8.68. The number of benzene rings is 1. The Morgan fingerprint density at radius 3 is 2.57 bits per heavy atom. The van der Waals surface area contributed by atoms with Crippen LogP contribution in [0.15, 0.2) is 23.4 Å². The SMILES string of the molecule is CCOc1ccc(C(=O)NCCC(N)=NO)cc1OCC. The Hall–Kier alpha value is -2.44. The molecule has 0 bridgehead atoms. The van der Waals surface area contributed by atoms with Gasteiger partial charge in [-0.1, -0.05) is 5.16 Å². The number of rotatable bonds is 8. The molecular formula is C14H21N3O4. The first-order valence-electron chi connectivity index (χ1n) is 6.76. The fraction of sp³-hybridized carbons (Fsp3) is 0.429. The van der Waals surface area contributed by atoms with Crippen molar-refractivity contribution in [3.8, 4) is 11.5 Å². The maximum absolute atomic E-state index is 12.0. The predicted molar refractivity (Wildman–Crippen MR) is 79.1 cm³/mol. The molecule has 116 valence electrons. The van der Waals surface area contributed by atoms with E-state index in [0.717, 1.165) is 0 Å². The van der Waals surface area contributed by atoms with E-state index in [9.17, 15) is 4.79 Å². The standard InChI is InChI=1S/C14H21N3O4/c1-3-20-11-6-5-10(9-12(11)21-4-2)14(18)16-8-7-13(15)17-19/h5-6,9,19H,3-4,7-8H2,1-2H3,(H2,15,17)(H,16,18). The van der Waals surface area contributed by atoms with E-state index < -0.39 is 0 Å². The monoisotopic (exact) mass is 295 g/mol. The summed E-state index contributed by atoms with van der Waals surface area (Å²) < 4.78 is 10.9. The maximum Gasteiger partial charge on any atom is 0.251 e. The molecule has 0 fully saturated rings. The zero-order valence-corrected chi connectivity index (χ0v) is 12.3. The number of amides is 1. The van der Waals surface area contributed by atoms with Gasteiger partial charge in [-0.2, -0.15) is 0 Å². The number of carbonyl (C=O) groups excluding carboxylic acids is 1. The van der Waals surface area contributed by atoms with Crippen LogP contribution < -0.4 is 20.5 Å². The molecule has 0 aliphatic rings. The Bertz CT molecular complexity index is 503. The number of ether oxygens (including phenoxy) is 2. The lowest BCUT2D eigenvalue weighted by atomic mass is 10.2. The van der Waals surface area contributed by atoms with Gasteiger partial charge in [0.1, 0.15) is 5.84 Å². The summed E-state index contributed by atoms with van der Waals surface area (Å²) in [6.07, 6.45) is 0.275. The van der Waals surface area contributed by atoms with Crippen LogP contribution in [-0.4, -0.2) is 36.7 Å². The van der Waals surface area contributed by atoms with Crippen LogP contribution in [0, 0.1) is 0 Å². The van der Waals surface area contributed by atoms with Gasteiger partial charge in [-0.05, 0) is 32.0 Å². The summed E-state index contributed by atoms with van der Waals surface area (Å²) in [4.78, 5) is 12.0. The van der Waals surface area contributed by atoms with E-state index in [0.29, 0.717) is 30.3 Å². The van der Waals surface area contributed by atoms with Crippen LogP contribution in [0.1, 0.15) is 30.6 Å². The third-order valence-corrected chi connectivity index (χ3v) is 2.60. The predicted octanol–water partition coefficient (Wildman–Crippen LogP) is 1.35. The van der Waals surface area contributed by atoms with E-state index in [4.69, 9.17) is 20.4 Å². The van der Waals surface area contributed by atoms with Crippen LogP contribution in [0.2, 0.25) is 0 Å². The van der Waals surface area contributed by atoms with Crippen molar-refractivity contribution in [2.75, 3.05) is 19.8 Å². The van der Waals surface area contributed by atoms with Crippen molar-refractivity contribution >= 4 is 11.7 Å². The Morgan fingerprint density at radius 2 is 1.95 bits per heavy atom. The number of nitrogens with zero attached hydrogens (tertiary/aromatic N) is 1. The Kier molecular flexibility index (Phi) is 6.86. The van der Waals surface area contributed by atoms with Crippen LogP contribution in [-0.2, 0) is 0 Å². The summed E-state index contributed by atoms with van der Waals surface area (Å²) in [6.45, 7) is 5.02. The number of oxime groups is 1. The molecule has 0 aliphatic heterocycles. The molecule has 1 aromatic carbocycles. The van der Waals surface area contributed by atoms with E-state index in [1.54, 1.807) is 18.2 Å². The topological polar surface area (TPSA) is 106 Å². The van der Waals surface area contributed by atoms with Gasteiger partial charge in [-0.3, -0.25) is 4.79 Å². The molecule has 0 atom stereocenters. The van der Waals surface area contributed by atoms with Gasteiger partial charge in [0, 0.05) is 18.5 Å². The van der Waals surface area contributed by atoms with Gasteiger partial charge in [-0.15, -0.1) is 0 Å². The van der Waals surface area contributed by atoms with E-state index in [2.05, 4.69) is 10.5 Å². The third-order valence-electron chi connectivity index (χ3n) is 2.60. The molecule has 1 aromatic rings. The number of nitrogens with two attached hydrogens (primary N) is 1. The van der Waals surface area contributed by atoms with E-state index >= 15 is 0 Å². The molecule has 21 heavy (non-hydrogen) atoms. The maximum atomic E-state index is 12.0. The average Bonchev–Trinajstić information content (AvgIpc) is 2.49. The molecule has 1 rings (SSSR count). The molecule has 0 radical (unpaired) electrons. The zero-order chi connectivity index (χ0) is 15.7. The molecule has 0 saturated heterocycles. The van der Waals surface area contributed by atoms with E-state index in [1.165, 1.54) is 0 Å². The molecule has 0 aromatic heterocycles. The summed E-state index contributed by atoms with van der Waals surface area (Å²) >= 11 is 0. The molecular weight excluding hydrogens is 274 g/mol. The number of hydrogen-bond donors (Lipinski definition) is 3. The second-order valence-corrected chi connectivity index (χ2v) is 4.12. The van der Waals surface area contributed by atoms with Gasteiger partial charge in [-0.25, -0.2) is 0 Å². The normalized spacial score (nSPS) is 11.0. The Balaban J connectivity index is 2.73. The first-order chi connectivity index (χ1) is 10.1. The van der Waals surface area contributed by atoms with Crippen LogP contribution >= 0.6 is 0 Å². The van der Waals surface area contributed by atoms with Crippen LogP contribution in [0.5, 0.6) is 11.5 Å². The van der Waals surface area contributed by atoms with Gasteiger partial charge < -0.3 is 25.7 Å². The van der Waals surface area contributed by atoms with Crippen molar-refractivity contribution in [3.05, 3.63) is 23.8 Å². The first-order valence-corrected chi connectivity index (χ1v) is 6.76. The quantitative estimate of drug-likeness (QED) is 0.290. The van der Waals surface area contributed by atoms with Gasteiger partial charge in [0.25, 0.3) is 5.91 Å². The first kappa shape index (κ1) is 16.6. The lowest BCUT2D eigenvalue weighted by molar-refractivity contribution is 0.0954. The zero-order valence-electron chi connectivity index (χ0n) is 12.3. The van der Waals surface area contributed by atoms with Crippen molar-refractivity contribution in [3.63, 3.8) is 0 Å². The van der Waals surface area contributed by atoms with E-state index in [1.807, 2.05) is 13.8 Å². The molecule has 0 heterocycles. The van der Waals surface area contributed by atoms with Crippen LogP contribution in [0.3, 0.4) is 0 Å². The fourth-order valence-electron chi connectivity index (χ4n) is 1.65. The van der Waals surface area contributed by atoms with Crippen molar-refractivity contribution < 1.29 is 19.5 Å². The van der Waals surface area contributed by atoms with E-state index in [-0.39, 0.29) is 24.7 Å². The summed E-state index contributed by atoms with van der Waals surface area (Å²) in [7, 11) is 0. The highest BCUT2D eigenvalue weighted by atomic mass is 16.5. The molecule has 4 N–H and O–H groups in total. The molecule has 0 spiro atoms. The minimum atomic E-state index is -0.259. The third kappa shape index (κ3) is 5.21. The van der Waals surface area contributed by atoms with Gasteiger partial charge in [0.2, 0.25) is 0 Å². The fourth-order valence-corrected chi connectivity index (χ4v) is 1.65. The summed E-state index contributed by atoms with van der Waals surface area (Å²) in [6, 6.07) is 4.99. The van der Waals surface area contributed by atoms with Crippen molar-refractivity contribution in [1.29, 1.82) is 0 Å². The average molecular weight is 295 g/mol. The van der Waals surface area contributed by atoms with Crippen molar-refractivity contribution in [2.24, 2.45) is 10.9 Å². The van der Waals surface area contributed by atoms with Gasteiger partial charge in [0.15, 0.2) is 11.5 Å². The summed E-state index contributed by atoms with van der Waals surface area (Å²) in [5, 5.41) is 13.9. The minimum Gasteiger partial charge on any atom is -0.490 e. The molecule has 0 aliphatic carbocycles. The van der Waals surface area contributed by atoms with Gasteiger partial charge >= 0.3 is 0 Å². The number of carbonyl (C=O) groups is 1. The highest BCUT2D eigenvalue weighted by Crippen LogP contribution is 2.28. The highest BCUT2D eigenvalue weighted by molar-refractivity contribution is 5.95. The lowest BCUT2D eigenvalue weighted by Gasteiger charge is -2.12. The van der Waals surface area contributed by atoms with Crippen LogP contribution in [0.25, 0.3) is 0 Å². The molecule has 7 nitrogen and oxygen atoms in total. The largest absolute Gasteiger partial charge is 0.490 e. The van der Waals surface area contributed by atoms with Gasteiger partial charge in [0.05, 0.1) is 13.2 Å². The molecule has 0 saturated carbocycles. The summed E-state index contributed by atoms with van der Waals surface area (Å²) in [5.41, 5.74) is 5.79. The highest BCUT2D eigenvalue weighted by Gasteiger charge is 2.11. The number of amidine groups is 1. The van der Waals surface area contributed by atoms with Crippen molar-refractivity contribution in [2.45, 2.75) is 20.3 Å². The minimum absolute atomic E-state index is 0.0667. The Labute approximate surface area is 123 Å². The Morgan fingerprint density at radius 1 is 1.29 bits per heavy atom. The summed E-state index contributed by atoms with van der Waals surface area (Å²) in [5.74, 6) is 0.942. The smallest absolute Gasteiger partial charge is 0.251 e. The number of nitrogens with one attached hydrogen (secondary N) is 1. The second-order valence-electron chi connectivity index (χ2n) is 4.12. The van der Waals surface area contributed by atoms with Crippen LogP contribution in [0.4, 0.5) is 0 Å².